The molecule has 0 rings (SSSR count). The van der Waals surface area contributed by atoms with Gasteiger partial charge in [-0.25, -0.2) is 4.79 Å². The van der Waals surface area contributed by atoms with Crippen molar-refractivity contribution in [3.63, 3.8) is 0 Å². The van der Waals surface area contributed by atoms with Crippen molar-refractivity contribution >= 4 is 12.0 Å². The summed E-state index contributed by atoms with van der Waals surface area (Å²) in [5.41, 5.74) is 4.74. The minimum absolute atomic E-state index is 0.0532. The van der Waals surface area contributed by atoms with Crippen LogP contribution in [0, 0.1) is 0 Å². The maximum atomic E-state index is 11.1. The van der Waals surface area contributed by atoms with Crippen molar-refractivity contribution in [3.05, 3.63) is 0 Å². The normalized spacial score (nSPS) is 9.67. The van der Waals surface area contributed by atoms with Crippen molar-refractivity contribution in [2.24, 2.45) is 5.73 Å². The van der Waals surface area contributed by atoms with Crippen LogP contribution in [0.1, 0.15) is 25.7 Å². The van der Waals surface area contributed by atoms with Gasteiger partial charge in [0.15, 0.2) is 0 Å². The van der Waals surface area contributed by atoms with E-state index in [1.54, 1.807) is 0 Å². The summed E-state index contributed by atoms with van der Waals surface area (Å²) in [6.45, 7) is 0.789. The van der Waals surface area contributed by atoms with Gasteiger partial charge in [0.2, 0.25) is 5.91 Å². The Morgan fingerprint density at radius 2 is 2.00 bits per heavy atom. The first-order valence-electron chi connectivity index (χ1n) is 4.96. The molecule has 0 saturated heterocycles. The number of aliphatic hydroxyl groups is 1. The predicted molar refractivity (Wildman–Crippen MR) is 54.1 cm³/mol. The van der Waals surface area contributed by atoms with Gasteiger partial charge in [0.1, 0.15) is 0 Å². The van der Waals surface area contributed by atoms with Crippen LogP contribution in [0.3, 0.4) is 0 Å². The van der Waals surface area contributed by atoms with E-state index < -0.39 is 6.09 Å². The molecule has 6 nitrogen and oxygen atoms in total. The molecule has 0 spiro atoms. The van der Waals surface area contributed by atoms with Crippen LogP contribution in [-0.2, 0) is 9.53 Å². The molecule has 0 aromatic heterocycles. The van der Waals surface area contributed by atoms with E-state index in [1.165, 1.54) is 0 Å². The molecule has 0 aliphatic carbocycles. The third kappa shape index (κ3) is 10.6. The van der Waals surface area contributed by atoms with Crippen molar-refractivity contribution < 1.29 is 19.4 Å². The number of carbonyl (C=O) groups is 2. The third-order valence-corrected chi connectivity index (χ3v) is 1.70. The Balaban J connectivity index is 3.20. The Morgan fingerprint density at radius 3 is 2.60 bits per heavy atom. The van der Waals surface area contributed by atoms with Gasteiger partial charge in [-0.15, -0.1) is 0 Å². The lowest BCUT2D eigenvalue weighted by Gasteiger charge is -2.04. The van der Waals surface area contributed by atoms with Crippen molar-refractivity contribution in [3.8, 4) is 0 Å². The molecule has 0 atom stereocenters. The number of aliphatic hydroxyl groups excluding tert-OH is 1. The average Bonchev–Trinajstić information content (AvgIpc) is 2.17. The first-order chi connectivity index (χ1) is 7.16. The maximum Gasteiger partial charge on any atom is 0.404 e. The van der Waals surface area contributed by atoms with E-state index in [2.05, 4.69) is 10.1 Å². The second-order valence-corrected chi connectivity index (χ2v) is 3.05. The van der Waals surface area contributed by atoms with Crippen LogP contribution in [0.5, 0.6) is 0 Å². The fourth-order valence-corrected chi connectivity index (χ4v) is 0.958. The number of carbonyl (C=O) groups excluding carboxylic acids is 2. The first kappa shape index (κ1) is 13.7. The summed E-state index contributed by atoms with van der Waals surface area (Å²) in [5, 5.41) is 11.1. The number of ether oxygens (including phenoxy) is 1. The van der Waals surface area contributed by atoms with E-state index in [9.17, 15) is 9.59 Å². The molecule has 0 saturated carbocycles. The van der Waals surface area contributed by atoms with Gasteiger partial charge < -0.3 is 20.9 Å². The maximum absolute atomic E-state index is 11.1. The van der Waals surface area contributed by atoms with Gasteiger partial charge in [-0.2, -0.15) is 0 Å². The quantitative estimate of drug-likeness (QED) is 0.489. The van der Waals surface area contributed by atoms with Crippen LogP contribution in [0.4, 0.5) is 4.79 Å². The SMILES string of the molecule is NC(=O)OCCCNC(=O)CCCCO. The Kier molecular flexibility index (Phi) is 8.46. The predicted octanol–water partition coefficient (Wildman–Crippen LogP) is -0.249. The largest absolute Gasteiger partial charge is 0.450 e. The lowest BCUT2D eigenvalue weighted by atomic mass is 10.2. The molecule has 88 valence electrons. The monoisotopic (exact) mass is 218 g/mol. The summed E-state index contributed by atoms with van der Waals surface area (Å²) in [5.74, 6) is -0.0532. The van der Waals surface area contributed by atoms with E-state index >= 15 is 0 Å². The van der Waals surface area contributed by atoms with Crippen molar-refractivity contribution in [2.45, 2.75) is 25.7 Å². The molecular weight excluding hydrogens is 200 g/mol. The zero-order chi connectivity index (χ0) is 11.5. The zero-order valence-corrected chi connectivity index (χ0v) is 8.70. The molecular formula is C9H18N2O4. The topological polar surface area (TPSA) is 102 Å². The van der Waals surface area contributed by atoms with Gasteiger partial charge in [0.05, 0.1) is 6.61 Å². The van der Waals surface area contributed by atoms with Gasteiger partial charge in [-0.3, -0.25) is 4.79 Å². The molecule has 2 amide bonds. The number of hydrogen-bond acceptors (Lipinski definition) is 4. The highest BCUT2D eigenvalue weighted by atomic mass is 16.5. The molecule has 0 fully saturated rings. The van der Waals surface area contributed by atoms with Gasteiger partial charge in [-0.1, -0.05) is 0 Å². The van der Waals surface area contributed by atoms with Crippen LogP contribution in [0.15, 0.2) is 0 Å². The van der Waals surface area contributed by atoms with E-state index in [0.717, 1.165) is 0 Å². The van der Waals surface area contributed by atoms with Crippen LogP contribution in [0.25, 0.3) is 0 Å². The minimum Gasteiger partial charge on any atom is -0.450 e. The third-order valence-electron chi connectivity index (χ3n) is 1.70. The molecule has 0 aliphatic rings. The minimum atomic E-state index is -0.802. The molecule has 0 bridgehead atoms. The summed E-state index contributed by atoms with van der Waals surface area (Å²) in [6, 6.07) is 0. The van der Waals surface area contributed by atoms with E-state index in [4.69, 9.17) is 10.8 Å². The number of amides is 2. The number of primary amides is 1. The lowest BCUT2D eigenvalue weighted by Crippen LogP contribution is -2.25. The smallest absolute Gasteiger partial charge is 0.404 e. The molecule has 0 radical (unpaired) electrons. The van der Waals surface area contributed by atoms with Crippen molar-refractivity contribution in [1.82, 2.24) is 5.32 Å². The fourth-order valence-electron chi connectivity index (χ4n) is 0.958. The van der Waals surface area contributed by atoms with Gasteiger partial charge in [-0.05, 0) is 19.3 Å². The zero-order valence-electron chi connectivity index (χ0n) is 8.70. The highest BCUT2D eigenvalue weighted by Crippen LogP contribution is 1.93. The van der Waals surface area contributed by atoms with E-state index in [0.29, 0.717) is 32.2 Å². The van der Waals surface area contributed by atoms with Crippen LogP contribution in [-0.4, -0.2) is 36.9 Å². The molecule has 4 N–H and O–H groups in total. The molecule has 15 heavy (non-hydrogen) atoms. The molecule has 0 aromatic rings. The second kappa shape index (κ2) is 9.26. The molecule has 0 aliphatic heterocycles. The van der Waals surface area contributed by atoms with Crippen LogP contribution >= 0.6 is 0 Å². The molecule has 6 heteroatoms. The number of hydrogen-bond donors (Lipinski definition) is 3. The standard InChI is InChI=1S/C9H18N2O4/c10-9(14)15-7-3-5-11-8(13)4-1-2-6-12/h12H,1-7H2,(H2,10,14)(H,11,13). The van der Waals surface area contributed by atoms with Crippen LogP contribution in [0.2, 0.25) is 0 Å². The van der Waals surface area contributed by atoms with E-state index in [-0.39, 0.29) is 19.1 Å². The van der Waals surface area contributed by atoms with Crippen molar-refractivity contribution in [1.29, 1.82) is 0 Å². The first-order valence-corrected chi connectivity index (χ1v) is 4.96. The molecule has 0 heterocycles. The van der Waals surface area contributed by atoms with Gasteiger partial charge >= 0.3 is 6.09 Å². The summed E-state index contributed by atoms with van der Waals surface area (Å²) >= 11 is 0. The Hall–Kier alpha value is -1.30. The summed E-state index contributed by atoms with van der Waals surface area (Å²) in [4.78, 5) is 21.2. The second-order valence-electron chi connectivity index (χ2n) is 3.05. The Labute approximate surface area is 88.8 Å². The molecule has 0 aromatic carbocycles. The fraction of sp³-hybridized carbons (Fsp3) is 0.778. The average molecular weight is 218 g/mol. The number of nitrogens with two attached hydrogens (primary N) is 1. The number of rotatable bonds is 8. The van der Waals surface area contributed by atoms with Crippen LogP contribution < -0.4 is 11.1 Å². The van der Waals surface area contributed by atoms with Crippen molar-refractivity contribution in [2.75, 3.05) is 19.8 Å². The number of nitrogens with one attached hydrogen (secondary N) is 1. The Morgan fingerprint density at radius 1 is 1.27 bits per heavy atom. The van der Waals surface area contributed by atoms with Gasteiger partial charge in [0.25, 0.3) is 0 Å². The van der Waals surface area contributed by atoms with E-state index in [1.807, 2.05) is 0 Å². The highest BCUT2D eigenvalue weighted by Gasteiger charge is 2.00. The summed E-state index contributed by atoms with van der Waals surface area (Å²) in [7, 11) is 0. The molecule has 0 unspecified atom stereocenters. The lowest BCUT2D eigenvalue weighted by molar-refractivity contribution is -0.121. The summed E-state index contributed by atoms with van der Waals surface area (Å²) < 4.78 is 4.48. The highest BCUT2D eigenvalue weighted by molar-refractivity contribution is 5.75. The Bertz CT molecular complexity index is 197. The van der Waals surface area contributed by atoms with Gasteiger partial charge in [0, 0.05) is 19.6 Å². The summed E-state index contributed by atoms with van der Waals surface area (Å²) in [6.07, 6.45) is 1.48. The number of unbranched alkanes of at least 4 members (excludes halogenated alkanes) is 1.